The van der Waals surface area contributed by atoms with Crippen molar-refractivity contribution in [3.63, 3.8) is 0 Å². The fraction of sp³-hybridized carbons (Fsp3) is 0. The topological polar surface area (TPSA) is 40.1 Å². The number of halogens is 5. The zero-order valence-corrected chi connectivity index (χ0v) is 7.45. The fourth-order valence-corrected chi connectivity index (χ4v) is 0.784. The van der Waals surface area contributed by atoms with E-state index in [1.54, 1.807) is 0 Å². The summed E-state index contributed by atoms with van der Waals surface area (Å²) in [6, 6.07) is 0. The summed E-state index contributed by atoms with van der Waals surface area (Å²) in [5.74, 6) is -14.4. The van der Waals surface area contributed by atoms with Gasteiger partial charge in [-0.1, -0.05) is 0 Å². The number of benzene rings is 1. The Balaban J connectivity index is 0.00000196. The maximum absolute atomic E-state index is 12.5. The normalized spacial score (nSPS) is 9.67. The van der Waals surface area contributed by atoms with Crippen LogP contribution in [0.5, 0.6) is 0 Å². The van der Waals surface area contributed by atoms with Gasteiger partial charge in [0.05, 0.1) is 11.5 Å². The third-order valence-corrected chi connectivity index (χ3v) is 1.41. The number of aromatic carboxylic acids is 1. The molecular weight excluding hydrogens is 275 g/mol. The number of rotatable bonds is 1. The summed E-state index contributed by atoms with van der Waals surface area (Å²) < 4.78 is 62.0. The molecule has 2 nitrogen and oxygen atoms in total. The molecule has 0 aliphatic carbocycles. The molecule has 0 radical (unpaired) electrons. The molecule has 0 saturated heterocycles. The molecule has 15 heavy (non-hydrogen) atoms. The Morgan fingerprint density at radius 3 is 1.33 bits per heavy atom. The maximum atomic E-state index is 12.5. The van der Waals surface area contributed by atoms with Crippen LogP contribution in [-0.2, 0) is 17.1 Å². The van der Waals surface area contributed by atoms with Crippen molar-refractivity contribution in [2.75, 3.05) is 0 Å². The third kappa shape index (κ3) is 2.10. The molecule has 0 N–H and O–H groups in total. The minimum atomic E-state index is -2.47. The summed E-state index contributed by atoms with van der Waals surface area (Å²) in [6.07, 6.45) is 0. The van der Waals surface area contributed by atoms with E-state index in [2.05, 4.69) is 0 Å². The van der Waals surface area contributed by atoms with Crippen LogP contribution >= 0.6 is 0 Å². The van der Waals surface area contributed by atoms with E-state index in [9.17, 15) is 31.9 Å². The van der Waals surface area contributed by atoms with Gasteiger partial charge in [0.2, 0.25) is 5.82 Å². The molecule has 0 heterocycles. The first-order chi connectivity index (χ1) is 6.37. The minimum Gasteiger partial charge on any atom is -0.545 e. The van der Waals surface area contributed by atoms with Crippen molar-refractivity contribution in [3.8, 4) is 0 Å². The average molecular weight is 275 g/mol. The van der Waals surface area contributed by atoms with Crippen molar-refractivity contribution < 1.29 is 48.9 Å². The Labute approximate surface area is 90.2 Å². The summed E-state index contributed by atoms with van der Waals surface area (Å²) in [4.78, 5) is 10.0. The summed E-state index contributed by atoms with van der Waals surface area (Å²) in [5.41, 5.74) is -1.97. The third-order valence-electron chi connectivity index (χ3n) is 1.41. The van der Waals surface area contributed by atoms with E-state index in [4.69, 9.17) is 0 Å². The fourth-order valence-electron chi connectivity index (χ4n) is 0.784. The second-order valence-corrected chi connectivity index (χ2v) is 2.23. The quantitative estimate of drug-likeness (QED) is 0.328. The zero-order chi connectivity index (χ0) is 11.0. The summed E-state index contributed by atoms with van der Waals surface area (Å²) in [5, 5.41) is 10.0. The molecule has 0 amide bonds. The average Bonchev–Trinajstić information content (AvgIpc) is 2.11. The van der Waals surface area contributed by atoms with Crippen molar-refractivity contribution in [1.29, 1.82) is 0 Å². The number of carboxylic acids is 1. The summed E-state index contributed by atoms with van der Waals surface area (Å²) in [6.45, 7) is 0. The molecule has 0 aromatic heterocycles. The van der Waals surface area contributed by atoms with E-state index in [0.29, 0.717) is 0 Å². The van der Waals surface area contributed by atoms with Crippen LogP contribution in [-0.4, -0.2) is 5.97 Å². The molecule has 1 aromatic carbocycles. The molecule has 0 fully saturated rings. The summed E-state index contributed by atoms with van der Waals surface area (Å²) >= 11 is 0. The monoisotopic (exact) mass is 274 g/mol. The molecule has 8 heteroatoms. The first kappa shape index (κ1) is 13.9. The second kappa shape index (κ2) is 4.59. The van der Waals surface area contributed by atoms with E-state index in [1.165, 1.54) is 0 Å². The van der Waals surface area contributed by atoms with Crippen molar-refractivity contribution in [2.24, 2.45) is 0 Å². The zero-order valence-electron chi connectivity index (χ0n) is 6.51. The Morgan fingerprint density at radius 1 is 0.800 bits per heavy atom. The number of carboxylic acid groups (broad SMARTS) is 1. The van der Waals surface area contributed by atoms with Crippen LogP contribution in [0, 0.1) is 29.1 Å². The predicted molar refractivity (Wildman–Crippen MR) is 30.6 cm³/mol. The van der Waals surface area contributed by atoms with Crippen LogP contribution < -0.4 is 5.11 Å². The van der Waals surface area contributed by atoms with Crippen LogP contribution in [0.25, 0.3) is 0 Å². The van der Waals surface area contributed by atoms with Crippen LogP contribution in [0.15, 0.2) is 0 Å². The number of hydrogen-bond acceptors (Lipinski definition) is 2. The van der Waals surface area contributed by atoms with Gasteiger partial charge < -0.3 is 9.90 Å². The van der Waals surface area contributed by atoms with Gasteiger partial charge >= 0.3 is 17.1 Å². The standard InChI is InChI=1S/C7HF5O2.Cu/c8-2-1(7(13)14)3(9)5(11)6(12)4(2)10;/h(H,13,14);/q;+1/p-1. The van der Waals surface area contributed by atoms with Crippen molar-refractivity contribution in [1.82, 2.24) is 0 Å². The van der Waals surface area contributed by atoms with Crippen LogP contribution in [0.2, 0.25) is 0 Å². The van der Waals surface area contributed by atoms with Gasteiger partial charge in [-0.2, -0.15) is 0 Å². The molecular formula is C7CuF5O2. The molecule has 0 atom stereocenters. The molecule has 0 aliphatic heterocycles. The van der Waals surface area contributed by atoms with Gasteiger partial charge in [0.1, 0.15) is 0 Å². The van der Waals surface area contributed by atoms with Gasteiger partial charge in [0.15, 0.2) is 23.3 Å². The minimum absolute atomic E-state index is 0. The van der Waals surface area contributed by atoms with Gasteiger partial charge in [-0.15, -0.1) is 0 Å². The number of hydrogen-bond donors (Lipinski definition) is 0. The van der Waals surface area contributed by atoms with Crippen LogP contribution in [0.1, 0.15) is 10.4 Å². The molecule has 0 saturated carbocycles. The molecule has 86 valence electrons. The number of carbonyl (C=O) groups excluding carboxylic acids is 1. The van der Waals surface area contributed by atoms with Gasteiger partial charge in [-0.25, -0.2) is 22.0 Å². The second-order valence-electron chi connectivity index (χ2n) is 2.23. The van der Waals surface area contributed by atoms with E-state index >= 15 is 0 Å². The SMILES string of the molecule is O=C([O-])c1c(F)c(F)c(F)c(F)c1F.[Cu+]. The molecule has 0 aliphatic rings. The van der Waals surface area contributed by atoms with E-state index in [-0.39, 0.29) is 17.1 Å². The molecule has 0 bridgehead atoms. The molecule has 0 unspecified atom stereocenters. The van der Waals surface area contributed by atoms with Crippen molar-refractivity contribution in [2.45, 2.75) is 0 Å². The van der Waals surface area contributed by atoms with Gasteiger partial charge in [-0.3, -0.25) is 0 Å². The number of carbonyl (C=O) groups is 1. The Kier molecular flexibility index (Phi) is 4.24. The summed E-state index contributed by atoms with van der Waals surface area (Å²) in [7, 11) is 0. The van der Waals surface area contributed by atoms with Crippen molar-refractivity contribution in [3.05, 3.63) is 34.6 Å². The van der Waals surface area contributed by atoms with Crippen LogP contribution in [0.3, 0.4) is 0 Å². The van der Waals surface area contributed by atoms with Gasteiger partial charge in [0.25, 0.3) is 0 Å². The Hall–Kier alpha value is -1.14. The molecule has 0 spiro atoms. The Morgan fingerprint density at radius 2 is 1.07 bits per heavy atom. The van der Waals surface area contributed by atoms with E-state index < -0.39 is 40.6 Å². The van der Waals surface area contributed by atoms with Crippen molar-refractivity contribution >= 4 is 5.97 Å². The van der Waals surface area contributed by atoms with Gasteiger partial charge in [-0.05, 0) is 0 Å². The first-order valence-corrected chi connectivity index (χ1v) is 3.10. The van der Waals surface area contributed by atoms with E-state index in [1.807, 2.05) is 0 Å². The largest absolute Gasteiger partial charge is 1.00 e. The predicted octanol–water partition coefficient (Wildman–Crippen LogP) is 0.743. The van der Waals surface area contributed by atoms with E-state index in [0.717, 1.165) is 0 Å². The smallest absolute Gasteiger partial charge is 0.545 e. The van der Waals surface area contributed by atoms with Crippen LogP contribution in [0.4, 0.5) is 22.0 Å². The molecule has 1 aromatic rings. The Bertz CT molecular complexity index is 391. The van der Waals surface area contributed by atoms with Gasteiger partial charge in [0, 0.05) is 0 Å². The first-order valence-electron chi connectivity index (χ1n) is 3.10. The molecule has 1 rings (SSSR count). The maximum Gasteiger partial charge on any atom is 1.00 e.